The van der Waals surface area contributed by atoms with Crippen molar-refractivity contribution in [2.75, 3.05) is 0 Å². The summed E-state index contributed by atoms with van der Waals surface area (Å²) in [6, 6.07) is 6.81. The summed E-state index contributed by atoms with van der Waals surface area (Å²) in [5, 5.41) is 4.31. The summed E-state index contributed by atoms with van der Waals surface area (Å²) in [5.74, 6) is 1.22. The van der Waals surface area contributed by atoms with Crippen LogP contribution in [0.5, 0.6) is 0 Å². The Morgan fingerprint density at radius 1 is 1.04 bits per heavy atom. The lowest BCUT2D eigenvalue weighted by Gasteiger charge is -2.40. The fraction of sp³-hybridized carbons (Fsp3) is 0.632. The van der Waals surface area contributed by atoms with Crippen LogP contribution in [0, 0.1) is 30.1 Å². The molecule has 1 aromatic carbocycles. The molecule has 134 valence electrons. The predicted molar refractivity (Wildman–Crippen MR) is 99.4 cm³/mol. The Balaban J connectivity index is 2.15. The smallest absolute Gasteiger partial charge is 0.200 e. The van der Waals surface area contributed by atoms with Crippen molar-refractivity contribution in [2.45, 2.75) is 59.3 Å². The van der Waals surface area contributed by atoms with Crippen LogP contribution in [0.3, 0.4) is 0 Å². The third-order valence-electron chi connectivity index (χ3n) is 5.14. The number of hydrazone groups is 1. The molecular formula is C19H30N2O2S. The third kappa shape index (κ3) is 4.38. The molecule has 3 atom stereocenters. The Bertz CT molecular complexity index is 686. The second-order valence-corrected chi connectivity index (χ2v) is 9.94. The molecule has 1 aliphatic carbocycles. The summed E-state index contributed by atoms with van der Waals surface area (Å²) in [6.07, 6.45) is 2.11. The predicted octanol–water partition coefficient (Wildman–Crippen LogP) is 4.36. The van der Waals surface area contributed by atoms with E-state index in [1.807, 2.05) is 6.92 Å². The number of rotatable bonds is 3. The Morgan fingerprint density at radius 3 is 2.00 bits per heavy atom. The van der Waals surface area contributed by atoms with E-state index in [-0.39, 0.29) is 10.3 Å². The maximum absolute atomic E-state index is 12.4. The molecule has 0 bridgehead atoms. The van der Waals surface area contributed by atoms with Crippen LogP contribution in [0.25, 0.3) is 0 Å². The first kappa shape index (κ1) is 19.0. The van der Waals surface area contributed by atoms with Crippen molar-refractivity contribution in [1.29, 1.82) is 0 Å². The van der Waals surface area contributed by atoms with E-state index in [4.69, 9.17) is 0 Å². The molecular weight excluding hydrogens is 320 g/mol. The van der Waals surface area contributed by atoms with E-state index in [2.05, 4.69) is 44.6 Å². The topological polar surface area (TPSA) is 58.5 Å². The molecule has 1 N–H and O–H groups in total. The Kier molecular flexibility index (Phi) is 5.43. The third-order valence-corrected chi connectivity index (χ3v) is 6.36. The lowest BCUT2D eigenvalue weighted by Crippen LogP contribution is -2.37. The second kappa shape index (κ2) is 6.87. The van der Waals surface area contributed by atoms with Crippen LogP contribution in [0.15, 0.2) is 34.3 Å². The second-order valence-electron chi connectivity index (χ2n) is 8.28. The van der Waals surface area contributed by atoms with E-state index in [1.165, 1.54) is 0 Å². The highest BCUT2D eigenvalue weighted by Gasteiger charge is 2.36. The van der Waals surface area contributed by atoms with Gasteiger partial charge in [-0.15, -0.1) is 0 Å². The van der Waals surface area contributed by atoms with Gasteiger partial charge in [-0.25, -0.2) is 4.83 Å². The normalized spacial score (nSPS) is 27.2. The van der Waals surface area contributed by atoms with Crippen LogP contribution in [0.4, 0.5) is 0 Å². The van der Waals surface area contributed by atoms with Gasteiger partial charge in [0.15, 0.2) is 0 Å². The molecule has 0 saturated heterocycles. The number of aryl methyl sites for hydroxylation is 1. The number of benzene rings is 1. The molecule has 0 aliphatic heterocycles. The highest BCUT2D eigenvalue weighted by atomic mass is 32.2. The molecule has 1 aliphatic rings. The molecule has 0 amide bonds. The van der Waals surface area contributed by atoms with Gasteiger partial charge in [-0.3, -0.25) is 0 Å². The molecule has 0 spiro atoms. The van der Waals surface area contributed by atoms with Crippen molar-refractivity contribution in [3.63, 3.8) is 0 Å². The summed E-state index contributed by atoms with van der Waals surface area (Å²) in [4.78, 5) is 2.69. The van der Waals surface area contributed by atoms with Gasteiger partial charge in [-0.2, -0.15) is 13.5 Å². The van der Waals surface area contributed by atoms with Crippen LogP contribution in [-0.2, 0) is 10.0 Å². The van der Waals surface area contributed by atoms with Crippen molar-refractivity contribution >= 4 is 15.7 Å². The van der Waals surface area contributed by atoms with E-state index >= 15 is 0 Å². The number of nitrogens with zero attached hydrogens (tertiary/aromatic N) is 1. The number of hydrogen-bond donors (Lipinski definition) is 1. The standard InChI is InChI=1S/C19H30N2O2S/c1-13-7-9-17(10-8-13)24(22,23)21-20-18-14(2)11-16(12-15(18)3)19(4,5)6/h7-10,14-16,21H,11-12H2,1-6H3/t14-,15+,16?. The molecule has 1 fully saturated rings. The van der Waals surface area contributed by atoms with Gasteiger partial charge in [0.1, 0.15) is 0 Å². The van der Waals surface area contributed by atoms with E-state index in [1.54, 1.807) is 24.3 Å². The summed E-state index contributed by atoms with van der Waals surface area (Å²) in [5.41, 5.74) is 2.27. The van der Waals surface area contributed by atoms with Crippen molar-refractivity contribution in [2.24, 2.45) is 28.3 Å². The Morgan fingerprint density at radius 2 is 1.54 bits per heavy atom. The van der Waals surface area contributed by atoms with E-state index in [9.17, 15) is 8.42 Å². The monoisotopic (exact) mass is 350 g/mol. The van der Waals surface area contributed by atoms with Crippen LogP contribution < -0.4 is 4.83 Å². The summed E-state index contributed by atoms with van der Waals surface area (Å²) in [6.45, 7) is 13.1. The lowest BCUT2D eigenvalue weighted by atomic mass is 9.66. The van der Waals surface area contributed by atoms with E-state index < -0.39 is 10.0 Å². The number of sulfonamides is 1. The van der Waals surface area contributed by atoms with Gasteiger partial charge in [-0.1, -0.05) is 52.3 Å². The molecule has 1 aromatic rings. The first-order valence-electron chi connectivity index (χ1n) is 8.66. The molecule has 1 saturated carbocycles. The molecule has 24 heavy (non-hydrogen) atoms. The van der Waals surface area contributed by atoms with Crippen molar-refractivity contribution in [1.82, 2.24) is 4.83 Å². The van der Waals surface area contributed by atoms with Gasteiger partial charge < -0.3 is 0 Å². The van der Waals surface area contributed by atoms with Crippen molar-refractivity contribution in [3.05, 3.63) is 29.8 Å². The fourth-order valence-electron chi connectivity index (χ4n) is 3.49. The van der Waals surface area contributed by atoms with Gasteiger partial charge in [0.05, 0.1) is 4.90 Å². The molecule has 0 radical (unpaired) electrons. The Hall–Kier alpha value is -1.36. The zero-order valence-electron chi connectivity index (χ0n) is 15.6. The molecule has 0 heterocycles. The van der Waals surface area contributed by atoms with Gasteiger partial charge in [0, 0.05) is 5.71 Å². The zero-order valence-corrected chi connectivity index (χ0v) is 16.4. The SMILES string of the molecule is Cc1ccc(S(=O)(=O)NN=C2[C@H](C)CC(C(C)(C)C)C[C@@H]2C)cc1. The average molecular weight is 351 g/mol. The van der Waals surface area contributed by atoms with Gasteiger partial charge in [0.25, 0.3) is 10.0 Å². The van der Waals surface area contributed by atoms with Crippen molar-refractivity contribution in [3.8, 4) is 0 Å². The number of nitrogens with one attached hydrogen (secondary N) is 1. The Labute approximate surface area is 146 Å². The van der Waals surface area contributed by atoms with Crippen LogP contribution in [0.2, 0.25) is 0 Å². The van der Waals surface area contributed by atoms with Crippen LogP contribution in [-0.4, -0.2) is 14.1 Å². The lowest BCUT2D eigenvalue weighted by molar-refractivity contribution is 0.172. The summed E-state index contributed by atoms with van der Waals surface area (Å²) >= 11 is 0. The van der Waals surface area contributed by atoms with Crippen molar-refractivity contribution < 1.29 is 8.42 Å². The van der Waals surface area contributed by atoms with E-state index in [0.717, 1.165) is 24.1 Å². The zero-order chi connectivity index (χ0) is 18.1. The van der Waals surface area contributed by atoms with E-state index in [0.29, 0.717) is 17.8 Å². The van der Waals surface area contributed by atoms with Crippen LogP contribution >= 0.6 is 0 Å². The minimum atomic E-state index is -3.60. The fourth-order valence-corrected chi connectivity index (χ4v) is 4.31. The van der Waals surface area contributed by atoms with Crippen LogP contribution in [0.1, 0.15) is 53.0 Å². The average Bonchev–Trinajstić information content (AvgIpc) is 2.45. The first-order valence-corrected chi connectivity index (χ1v) is 10.1. The highest BCUT2D eigenvalue weighted by Crippen LogP contribution is 2.41. The number of hydrogen-bond acceptors (Lipinski definition) is 3. The van der Waals surface area contributed by atoms with Gasteiger partial charge in [-0.05, 0) is 55.1 Å². The van der Waals surface area contributed by atoms with Gasteiger partial charge in [0.2, 0.25) is 0 Å². The van der Waals surface area contributed by atoms with Gasteiger partial charge >= 0.3 is 0 Å². The quantitative estimate of drug-likeness (QED) is 0.824. The maximum Gasteiger partial charge on any atom is 0.276 e. The minimum Gasteiger partial charge on any atom is -0.200 e. The summed E-state index contributed by atoms with van der Waals surface area (Å²) in [7, 11) is -3.60. The molecule has 5 heteroatoms. The first-order chi connectivity index (χ1) is 11.0. The maximum atomic E-state index is 12.4. The molecule has 1 unspecified atom stereocenters. The highest BCUT2D eigenvalue weighted by molar-refractivity contribution is 7.89. The molecule has 0 aromatic heterocycles. The minimum absolute atomic E-state index is 0.251. The molecule has 4 nitrogen and oxygen atoms in total. The summed E-state index contributed by atoms with van der Waals surface area (Å²) < 4.78 is 24.8. The molecule has 2 rings (SSSR count). The largest absolute Gasteiger partial charge is 0.276 e.